The number of carbonyl (C=O) groups excluding carboxylic acids is 2. The molecule has 0 aliphatic carbocycles. The summed E-state index contributed by atoms with van der Waals surface area (Å²) in [5, 5.41) is 5.76. The molecule has 6 nitrogen and oxygen atoms in total. The molecular formula is C16H22N4O2. The van der Waals surface area contributed by atoms with Crippen molar-refractivity contribution in [2.24, 2.45) is 5.10 Å². The summed E-state index contributed by atoms with van der Waals surface area (Å²) >= 11 is 0. The first-order chi connectivity index (χ1) is 10.5. The Labute approximate surface area is 130 Å². The summed E-state index contributed by atoms with van der Waals surface area (Å²) < 4.78 is 2.18. The fourth-order valence-corrected chi connectivity index (χ4v) is 3.15. The SMILES string of the molecule is CC1c2cccn2CCN1C(=O)C1=NN(C(C)C)C(=O)CC1. The van der Waals surface area contributed by atoms with Gasteiger partial charge in [-0.2, -0.15) is 5.10 Å². The van der Waals surface area contributed by atoms with Crippen molar-refractivity contribution in [3.05, 3.63) is 24.0 Å². The molecule has 2 aliphatic heterocycles. The van der Waals surface area contributed by atoms with Crippen molar-refractivity contribution in [2.75, 3.05) is 6.54 Å². The quantitative estimate of drug-likeness (QED) is 0.836. The van der Waals surface area contributed by atoms with Gasteiger partial charge in [0.1, 0.15) is 5.71 Å². The number of fused-ring (bicyclic) bond motifs is 1. The number of nitrogens with zero attached hydrogens (tertiary/aromatic N) is 4. The summed E-state index contributed by atoms with van der Waals surface area (Å²) in [5.74, 6) is -0.0507. The molecule has 2 amide bonds. The number of hydrogen-bond acceptors (Lipinski definition) is 3. The van der Waals surface area contributed by atoms with Gasteiger partial charge in [-0.25, -0.2) is 5.01 Å². The van der Waals surface area contributed by atoms with Crippen LogP contribution in [0.3, 0.4) is 0 Å². The first-order valence-electron chi connectivity index (χ1n) is 7.84. The molecule has 6 heteroatoms. The molecule has 0 spiro atoms. The van der Waals surface area contributed by atoms with Gasteiger partial charge in [-0.3, -0.25) is 9.59 Å². The summed E-state index contributed by atoms with van der Waals surface area (Å²) in [6.07, 6.45) is 2.84. The Morgan fingerprint density at radius 2 is 2.09 bits per heavy atom. The third-order valence-corrected chi connectivity index (χ3v) is 4.40. The van der Waals surface area contributed by atoms with Crippen LogP contribution in [0, 0.1) is 0 Å². The molecule has 1 atom stereocenters. The minimum atomic E-state index is -0.0434. The highest BCUT2D eigenvalue weighted by atomic mass is 16.2. The molecule has 0 aromatic carbocycles. The maximum atomic E-state index is 12.8. The van der Waals surface area contributed by atoms with Crippen molar-refractivity contribution < 1.29 is 9.59 Å². The molecule has 2 aliphatic rings. The number of hydrogen-bond donors (Lipinski definition) is 0. The van der Waals surface area contributed by atoms with Gasteiger partial charge in [-0.15, -0.1) is 0 Å². The van der Waals surface area contributed by atoms with Gasteiger partial charge in [0.05, 0.1) is 6.04 Å². The predicted octanol–water partition coefficient (Wildman–Crippen LogP) is 1.78. The average Bonchev–Trinajstić information content (AvgIpc) is 2.96. The Kier molecular flexibility index (Phi) is 3.76. The van der Waals surface area contributed by atoms with Crippen LogP contribution < -0.4 is 0 Å². The summed E-state index contributed by atoms with van der Waals surface area (Å²) in [6, 6.07) is 4.07. The van der Waals surface area contributed by atoms with Crippen LogP contribution in [0.15, 0.2) is 23.4 Å². The van der Waals surface area contributed by atoms with Gasteiger partial charge in [-0.05, 0) is 32.9 Å². The molecule has 0 saturated heterocycles. The summed E-state index contributed by atoms with van der Waals surface area (Å²) in [4.78, 5) is 26.5. The fourth-order valence-electron chi connectivity index (χ4n) is 3.15. The summed E-state index contributed by atoms with van der Waals surface area (Å²) in [5.41, 5.74) is 1.65. The highest BCUT2D eigenvalue weighted by Gasteiger charge is 2.33. The fraction of sp³-hybridized carbons (Fsp3) is 0.562. The number of aromatic nitrogens is 1. The van der Waals surface area contributed by atoms with Gasteiger partial charge in [-0.1, -0.05) is 0 Å². The van der Waals surface area contributed by atoms with E-state index in [0.717, 1.165) is 12.2 Å². The first-order valence-corrected chi connectivity index (χ1v) is 7.84. The van der Waals surface area contributed by atoms with Gasteiger partial charge in [0, 0.05) is 43.9 Å². The Bertz CT molecular complexity index is 632. The lowest BCUT2D eigenvalue weighted by molar-refractivity contribution is -0.134. The van der Waals surface area contributed by atoms with Crippen LogP contribution in [0.1, 0.15) is 45.3 Å². The van der Waals surface area contributed by atoms with Gasteiger partial charge >= 0.3 is 0 Å². The Hall–Kier alpha value is -2.11. The molecule has 3 rings (SSSR count). The zero-order valence-electron chi connectivity index (χ0n) is 13.3. The zero-order chi connectivity index (χ0) is 15.9. The molecule has 1 aromatic heterocycles. The van der Waals surface area contributed by atoms with Crippen molar-refractivity contribution in [3.63, 3.8) is 0 Å². The molecule has 0 fully saturated rings. The highest BCUT2D eigenvalue weighted by molar-refractivity contribution is 6.39. The molecule has 1 unspecified atom stereocenters. The second-order valence-corrected chi connectivity index (χ2v) is 6.18. The van der Waals surface area contributed by atoms with Gasteiger partial charge in [0.25, 0.3) is 5.91 Å². The lowest BCUT2D eigenvalue weighted by Gasteiger charge is -2.36. The number of rotatable bonds is 2. The van der Waals surface area contributed by atoms with E-state index in [2.05, 4.69) is 15.7 Å². The van der Waals surface area contributed by atoms with Crippen LogP contribution in [0.25, 0.3) is 0 Å². The molecule has 1 aromatic rings. The van der Waals surface area contributed by atoms with E-state index >= 15 is 0 Å². The molecule has 0 radical (unpaired) electrons. The van der Waals surface area contributed by atoms with E-state index in [-0.39, 0.29) is 23.9 Å². The van der Waals surface area contributed by atoms with Crippen molar-refractivity contribution in [1.29, 1.82) is 0 Å². The van der Waals surface area contributed by atoms with E-state index in [1.54, 1.807) is 0 Å². The normalized spacial score (nSPS) is 21.9. The third kappa shape index (κ3) is 2.42. The smallest absolute Gasteiger partial charge is 0.270 e. The highest BCUT2D eigenvalue weighted by Crippen LogP contribution is 2.26. The van der Waals surface area contributed by atoms with Crippen LogP contribution in [0.4, 0.5) is 0 Å². The number of hydrazone groups is 1. The summed E-state index contributed by atoms with van der Waals surface area (Å²) in [7, 11) is 0. The van der Waals surface area contributed by atoms with E-state index in [1.165, 1.54) is 5.01 Å². The van der Waals surface area contributed by atoms with Crippen molar-refractivity contribution in [2.45, 2.75) is 52.2 Å². The minimum absolute atomic E-state index is 0.00730. The third-order valence-electron chi connectivity index (χ3n) is 4.40. The van der Waals surface area contributed by atoms with E-state index in [1.807, 2.05) is 37.9 Å². The molecule has 118 valence electrons. The number of amides is 2. The predicted molar refractivity (Wildman–Crippen MR) is 83.2 cm³/mol. The maximum Gasteiger partial charge on any atom is 0.270 e. The molecule has 0 saturated carbocycles. The topological polar surface area (TPSA) is 57.9 Å². The van der Waals surface area contributed by atoms with Gasteiger partial charge in [0.2, 0.25) is 5.91 Å². The first kappa shape index (κ1) is 14.8. The Morgan fingerprint density at radius 3 is 2.82 bits per heavy atom. The Balaban J connectivity index is 1.83. The number of carbonyl (C=O) groups is 2. The van der Waals surface area contributed by atoms with Crippen LogP contribution in [-0.4, -0.2) is 44.6 Å². The second kappa shape index (κ2) is 5.59. The van der Waals surface area contributed by atoms with Crippen LogP contribution in [0.5, 0.6) is 0 Å². The van der Waals surface area contributed by atoms with Crippen molar-refractivity contribution in [1.82, 2.24) is 14.5 Å². The maximum absolute atomic E-state index is 12.8. The molecule has 22 heavy (non-hydrogen) atoms. The van der Waals surface area contributed by atoms with Gasteiger partial charge < -0.3 is 9.47 Å². The molecule has 0 bridgehead atoms. The molecule has 0 N–H and O–H groups in total. The summed E-state index contributed by atoms with van der Waals surface area (Å²) in [6.45, 7) is 7.34. The standard InChI is InChI=1S/C16H22N4O2/c1-11(2)20-15(21)7-6-13(17-20)16(22)19-10-9-18-8-4-5-14(18)12(19)3/h4-5,8,11-12H,6-7,9-10H2,1-3H3. The van der Waals surface area contributed by atoms with Crippen molar-refractivity contribution >= 4 is 17.5 Å². The zero-order valence-corrected chi connectivity index (χ0v) is 13.3. The van der Waals surface area contributed by atoms with E-state index in [4.69, 9.17) is 0 Å². The lowest BCUT2D eigenvalue weighted by Crippen LogP contribution is -2.47. The average molecular weight is 302 g/mol. The second-order valence-electron chi connectivity index (χ2n) is 6.18. The Morgan fingerprint density at radius 1 is 1.32 bits per heavy atom. The van der Waals surface area contributed by atoms with Crippen LogP contribution >= 0.6 is 0 Å². The van der Waals surface area contributed by atoms with E-state index in [0.29, 0.717) is 25.1 Å². The largest absolute Gasteiger partial charge is 0.348 e. The van der Waals surface area contributed by atoms with Crippen molar-refractivity contribution in [3.8, 4) is 0 Å². The lowest BCUT2D eigenvalue weighted by atomic mass is 10.1. The van der Waals surface area contributed by atoms with Crippen LogP contribution in [0.2, 0.25) is 0 Å². The van der Waals surface area contributed by atoms with E-state index < -0.39 is 0 Å². The molecule has 3 heterocycles. The minimum Gasteiger partial charge on any atom is -0.348 e. The molecular weight excluding hydrogens is 280 g/mol. The monoisotopic (exact) mass is 302 g/mol. The van der Waals surface area contributed by atoms with Gasteiger partial charge in [0.15, 0.2) is 0 Å². The van der Waals surface area contributed by atoms with Crippen LogP contribution in [-0.2, 0) is 16.1 Å². The van der Waals surface area contributed by atoms with E-state index in [9.17, 15) is 9.59 Å².